The summed E-state index contributed by atoms with van der Waals surface area (Å²) in [5.41, 5.74) is 0.857. The van der Waals surface area contributed by atoms with Crippen LogP contribution in [0.25, 0.3) is 6.08 Å². The third kappa shape index (κ3) is 3.63. The fourth-order valence-corrected chi connectivity index (χ4v) is 3.23. The summed E-state index contributed by atoms with van der Waals surface area (Å²) in [5.74, 6) is -3.67. The zero-order valence-electron chi connectivity index (χ0n) is 15.1. The Labute approximate surface area is 165 Å². The van der Waals surface area contributed by atoms with Crippen LogP contribution in [0.5, 0.6) is 0 Å². The first-order valence-electron chi connectivity index (χ1n) is 8.90. The van der Waals surface area contributed by atoms with E-state index in [1.54, 1.807) is 60.7 Å². The van der Waals surface area contributed by atoms with Gasteiger partial charge < -0.3 is 9.47 Å². The van der Waals surface area contributed by atoms with Crippen LogP contribution in [0.15, 0.2) is 90.7 Å². The smallest absolute Gasteiger partial charge is 0.451 e. The van der Waals surface area contributed by atoms with Crippen LogP contribution in [0.3, 0.4) is 0 Å². The number of hydrogen-bond acceptors (Lipinski definition) is 2. The lowest BCUT2D eigenvalue weighted by Gasteiger charge is -2.30. The van der Waals surface area contributed by atoms with Gasteiger partial charge in [-0.25, -0.2) is 4.39 Å². The molecule has 1 saturated heterocycles. The lowest BCUT2D eigenvalue weighted by molar-refractivity contribution is -0.354. The molecule has 1 aliphatic rings. The second-order valence-corrected chi connectivity index (χ2v) is 6.59. The highest BCUT2D eigenvalue weighted by Crippen LogP contribution is 2.54. The van der Waals surface area contributed by atoms with E-state index >= 15 is 0 Å². The van der Waals surface area contributed by atoms with Crippen LogP contribution in [0.1, 0.15) is 22.8 Å². The Morgan fingerprint density at radius 1 is 0.793 bits per heavy atom. The highest BCUT2D eigenvalue weighted by molar-refractivity contribution is 5.54. The summed E-state index contributed by atoms with van der Waals surface area (Å²) in [6.07, 6.45) is -4.46. The minimum atomic E-state index is -4.90. The van der Waals surface area contributed by atoms with E-state index in [4.69, 9.17) is 9.47 Å². The second kappa shape index (κ2) is 7.37. The molecule has 1 aliphatic heterocycles. The van der Waals surface area contributed by atoms with Gasteiger partial charge in [-0.05, 0) is 41.5 Å². The molecule has 3 aromatic rings. The predicted molar refractivity (Wildman–Crippen MR) is 99.9 cm³/mol. The molecular weight excluding hydrogens is 384 g/mol. The van der Waals surface area contributed by atoms with Crippen molar-refractivity contribution in [3.05, 3.63) is 113 Å². The van der Waals surface area contributed by atoms with E-state index in [1.807, 2.05) is 0 Å². The Balaban J connectivity index is 1.86. The average Bonchev–Trinajstić information content (AvgIpc) is 3.10. The van der Waals surface area contributed by atoms with Gasteiger partial charge in [0, 0.05) is 5.56 Å². The lowest BCUT2D eigenvalue weighted by atomic mass is 10.0. The van der Waals surface area contributed by atoms with Gasteiger partial charge in [0.05, 0.1) is 0 Å². The fraction of sp³-hybridized carbons (Fsp3) is 0.130. The maximum absolute atomic E-state index is 14.2. The molecule has 3 aromatic carbocycles. The number of ether oxygens (including phenoxy) is 2. The molecule has 0 radical (unpaired) electrons. The maximum Gasteiger partial charge on any atom is 0.460 e. The van der Waals surface area contributed by atoms with Gasteiger partial charge in [0.2, 0.25) is 0 Å². The quantitative estimate of drug-likeness (QED) is 0.476. The van der Waals surface area contributed by atoms with Crippen molar-refractivity contribution in [1.29, 1.82) is 0 Å². The van der Waals surface area contributed by atoms with Crippen LogP contribution in [-0.2, 0) is 15.3 Å². The van der Waals surface area contributed by atoms with Crippen molar-refractivity contribution in [2.24, 2.45) is 0 Å². The van der Waals surface area contributed by atoms with E-state index < -0.39 is 23.9 Å². The Morgan fingerprint density at radius 2 is 1.38 bits per heavy atom. The molecule has 0 amide bonds. The zero-order valence-corrected chi connectivity index (χ0v) is 15.1. The molecule has 6 heteroatoms. The Morgan fingerprint density at radius 3 is 1.97 bits per heavy atom. The van der Waals surface area contributed by atoms with Gasteiger partial charge in [-0.1, -0.05) is 60.7 Å². The monoisotopic (exact) mass is 400 g/mol. The standard InChI is InChI=1S/C23H16F4O2/c24-19-13-11-18(12-14-19)22(23(25,26)27)28-20(15-16-7-3-1-4-8-16)21(29-22)17-9-5-2-6-10-17/h1-15,21H/b20-15-. The third-order valence-electron chi connectivity index (χ3n) is 4.61. The fourth-order valence-electron chi connectivity index (χ4n) is 3.23. The first-order valence-corrected chi connectivity index (χ1v) is 8.90. The molecule has 4 rings (SSSR count). The third-order valence-corrected chi connectivity index (χ3v) is 4.61. The largest absolute Gasteiger partial charge is 0.460 e. The molecule has 0 spiro atoms. The Kier molecular flexibility index (Phi) is 4.88. The molecule has 29 heavy (non-hydrogen) atoms. The molecule has 1 heterocycles. The van der Waals surface area contributed by atoms with Gasteiger partial charge in [-0.2, -0.15) is 13.2 Å². The molecular formula is C23H16F4O2. The summed E-state index contributed by atoms with van der Waals surface area (Å²) in [5, 5.41) is 0. The van der Waals surface area contributed by atoms with Crippen LogP contribution in [0.2, 0.25) is 0 Å². The van der Waals surface area contributed by atoms with E-state index in [-0.39, 0.29) is 11.3 Å². The van der Waals surface area contributed by atoms with E-state index in [0.29, 0.717) is 11.1 Å². The van der Waals surface area contributed by atoms with Crippen molar-refractivity contribution in [1.82, 2.24) is 0 Å². The first-order chi connectivity index (χ1) is 13.9. The zero-order chi connectivity index (χ0) is 20.5. The van der Waals surface area contributed by atoms with Crippen molar-refractivity contribution in [3.8, 4) is 0 Å². The van der Waals surface area contributed by atoms with Gasteiger partial charge in [0.1, 0.15) is 17.7 Å². The molecule has 2 unspecified atom stereocenters. The van der Waals surface area contributed by atoms with Gasteiger partial charge in [-0.3, -0.25) is 0 Å². The van der Waals surface area contributed by atoms with Crippen LogP contribution in [0, 0.1) is 5.82 Å². The van der Waals surface area contributed by atoms with Crippen molar-refractivity contribution < 1.29 is 27.0 Å². The summed E-state index contributed by atoms with van der Waals surface area (Å²) in [6.45, 7) is 0. The lowest BCUT2D eigenvalue weighted by Crippen LogP contribution is -2.43. The van der Waals surface area contributed by atoms with E-state index in [1.165, 1.54) is 6.08 Å². The Bertz CT molecular complexity index is 999. The molecule has 148 valence electrons. The summed E-state index contributed by atoms with van der Waals surface area (Å²) >= 11 is 0. The molecule has 0 bridgehead atoms. The van der Waals surface area contributed by atoms with E-state index in [2.05, 4.69) is 0 Å². The normalized spacial score (nSPS) is 23.2. The van der Waals surface area contributed by atoms with Crippen molar-refractivity contribution in [2.75, 3.05) is 0 Å². The summed E-state index contributed by atoms with van der Waals surface area (Å²) < 4.78 is 67.1. The molecule has 1 fully saturated rings. The average molecular weight is 400 g/mol. The minimum absolute atomic E-state index is 0.0176. The van der Waals surface area contributed by atoms with Crippen LogP contribution in [0.4, 0.5) is 17.6 Å². The summed E-state index contributed by atoms with van der Waals surface area (Å²) in [7, 11) is 0. The highest BCUT2D eigenvalue weighted by Gasteiger charge is 2.65. The predicted octanol–water partition coefficient (Wildman–Crippen LogP) is 6.37. The SMILES string of the molecule is Fc1ccc(C2(C(F)(F)F)O/C(=C\c3ccccc3)C(c3ccccc3)O2)cc1. The van der Waals surface area contributed by atoms with Crippen LogP contribution >= 0.6 is 0 Å². The molecule has 0 N–H and O–H groups in total. The van der Waals surface area contributed by atoms with Gasteiger partial charge >= 0.3 is 12.0 Å². The van der Waals surface area contributed by atoms with Crippen molar-refractivity contribution in [2.45, 2.75) is 18.1 Å². The molecule has 2 atom stereocenters. The molecule has 2 nitrogen and oxygen atoms in total. The van der Waals surface area contributed by atoms with E-state index in [0.717, 1.165) is 24.3 Å². The van der Waals surface area contributed by atoms with Gasteiger partial charge in [0.25, 0.3) is 0 Å². The highest BCUT2D eigenvalue weighted by atomic mass is 19.4. The second-order valence-electron chi connectivity index (χ2n) is 6.59. The maximum atomic E-state index is 14.2. The van der Waals surface area contributed by atoms with Crippen LogP contribution < -0.4 is 0 Å². The number of rotatable bonds is 3. The number of halogens is 4. The van der Waals surface area contributed by atoms with E-state index in [9.17, 15) is 17.6 Å². The number of benzene rings is 3. The van der Waals surface area contributed by atoms with Crippen molar-refractivity contribution in [3.63, 3.8) is 0 Å². The summed E-state index contributed by atoms with van der Waals surface area (Å²) in [4.78, 5) is 0. The number of alkyl halides is 3. The summed E-state index contributed by atoms with van der Waals surface area (Å²) in [6, 6.07) is 21.3. The first kappa shape index (κ1) is 19.2. The molecule has 0 aliphatic carbocycles. The van der Waals surface area contributed by atoms with Crippen LogP contribution in [-0.4, -0.2) is 6.18 Å². The number of hydrogen-bond donors (Lipinski definition) is 0. The van der Waals surface area contributed by atoms with Gasteiger partial charge in [0.15, 0.2) is 0 Å². The minimum Gasteiger partial charge on any atom is -0.451 e. The Hall–Kier alpha value is -3.12. The van der Waals surface area contributed by atoms with Crippen molar-refractivity contribution >= 4 is 6.08 Å². The molecule has 0 saturated carbocycles. The van der Waals surface area contributed by atoms with Gasteiger partial charge in [-0.15, -0.1) is 0 Å². The molecule has 0 aromatic heterocycles. The topological polar surface area (TPSA) is 18.5 Å².